The summed E-state index contributed by atoms with van der Waals surface area (Å²) >= 11 is 0. The lowest BCUT2D eigenvalue weighted by molar-refractivity contribution is 0.528. The van der Waals surface area contributed by atoms with E-state index in [0.717, 1.165) is 12.8 Å². The van der Waals surface area contributed by atoms with Crippen LogP contribution in [0.25, 0.3) is 0 Å². The molecule has 0 aliphatic heterocycles. The van der Waals surface area contributed by atoms with Crippen molar-refractivity contribution in [2.45, 2.75) is 18.9 Å². The van der Waals surface area contributed by atoms with Gasteiger partial charge in [0.25, 0.3) is 0 Å². The van der Waals surface area contributed by atoms with Gasteiger partial charge in [-0.1, -0.05) is 0 Å². The first-order valence-corrected chi connectivity index (χ1v) is 3.07. The Balaban J connectivity index is 2.28. The highest BCUT2D eigenvalue weighted by Crippen LogP contribution is 2.33. The Labute approximate surface area is 52.3 Å². The van der Waals surface area contributed by atoms with Crippen LogP contribution in [0.15, 0.2) is 12.3 Å². The van der Waals surface area contributed by atoms with Gasteiger partial charge in [-0.25, -0.2) is 0 Å². The van der Waals surface area contributed by atoms with Crippen molar-refractivity contribution in [1.29, 1.82) is 0 Å². The average molecular weight is 126 g/mol. The van der Waals surface area contributed by atoms with E-state index in [0.29, 0.717) is 6.04 Å². The van der Waals surface area contributed by atoms with Gasteiger partial charge in [0.1, 0.15) is 0 Å². The second kappa shape index (κ2) is 1.56. The summed E-state index contributed by atoms with van der Waals surface area (Å²) in [5, 5.41) is 3.62. The SMILES string of the molecule is Fc1ccn(C2CC2)n1. The Hall–Kier alpha value is -0.860. The first-order chi connectivity index (χ1) is 4.36. The maximum atomic E-state index is 12.2. The molecule has 0 aromatic carbocycles. The van der Waals surface area contributed by atoms with Crippen molar-refractivity contribution in [3.05, 3.63) is 18.2 Å². The zero-order valence-electron chi connectivity index (χ0n) is 4.92. The molecule has 9 heavy (non-hydrogen) atoms. The van der Waals surface area contributed by atoms with Crippen LogP contribution in [0.3, 0.4) is 0 Å². The van der Waals surface area contributed by atoms with E-state index in [1.807, 2.05) is 0 Å². The molecule has 0 spiro atoms. The van der Waals surface area contributed by atoms with Crippen LogP contribution >= 0.6 is 0 Å². The van der Waals surface area contributed by atoms with E-state index in [2.05, 4.69) is 5.10 Å². The summed E-state index contributed by atoms with van der Waals surface area (Å²) in [6.07, 6.45) is 4.00. The van der Waals surface area contributed by atoms with Crippen LogP contribution in [0, 0.1) is 5.95 Å². The molecule has 2 rings (SSSR count). The van der Waals surface area contributed by atoms with Crippen LogP contribution in [0.5, 0.6) is 0 Å². The molecule has 0 radical (unpaired) electrons. The third-order valence-electron chi connectivity index (χ3n) is 1.50. The van der Waals surface area contributed by atoms with Gasteiger partial charge in [-0.2, -0.15) is 4.39 Å². The van der Waals surface area contributed by atoms with Crippen molar-refractivity contribution in [1.82, 2.24) is 9.78 Å². The Kier molecular flexibility index (Phi) is 0.860. The first-order valence-electron chi connectivity index (χ1n) is 3.07. The molecule has 1 aromatic rings. The summed E-state index contributed by atoms with van der Waals surface area (Å²) in [4.78, 5) is 0. The van der Waals surface area contributed by atoms with E-state index < -0.39 is 0 Å². The fraction of sp³-hybridized carbons (Fsp3) is 0.500. The largest absolute Gasteiger partial charge is 0.267 e. The molecule has 0 amide bonds. The molecule has 3 heteroatoms. The van der Waals surface area contributed by atoms with Gasteiger partial charge in [-0.3, -0.25) is 4.68 Å². The fourth-order valence-electron chi connectivity index (χ4n) is 0.857. The molecule has 0 atom stereocenters. The number of hydrogen-bond acceptors (Lipinski definition) is 1. The fourth-order valence-corrected chi connectivity index (χ4v) is 0.857. The highest BCUT2D eigenvalue weighted by atomic mass is 19.1. The van der Waals surface area contributed by atoms with Gasteiger partial charge in [0.15, 0.2) is 0 Å². The predicted octanol–water partition coefficient (Wildman–Crippen LogP) is 1.36. The molecule has 1 aliphatic carbocycles. The number of aromatic nitrogens is 2. The Bertz CT molecular complexity index is 215. The summed E-state index contributed by atoms with van der Waals surface area (Å²) in [7, 11) is 0. The first kappa shape index (κ1) is 4.97. The van der Waals surface area contributed by atoms with Gasteiger partial charge in [0.2, 0.25) is 5.95 Å². The standard InChI is InChI=1S/C6H7FN2/c7-6-3-4-9(8-6)5-1-2-5/h3-5H,1-2H2. The Morgan fingerprint density at radius 3 is 2.89 bits per heavy atom. The Morgan fingerprint density at radius 2 is 2.44 bits per heavy atom. The molecule has 0 unspecified atom stereocenters. The molecule has 1 aromatic heterocycles. The van der Waals surface area contributed by atoms with Gasteiger partial charge in [-0.05, 0) is 12.8 Å². The molecule has 1 fully saturated rings. The molecule has 48 valence electrons. The van der Waals surface area contributed by atoms with Crippen LogP contribution in [-0.2, 0) is 0 Å². The summed E-state index contributed by atoms with van der Waals surface area (Å²) in [5.74, 6) is -0.373. The van der Waals surface area contributed by atoms with E-state index in [1.54, 1.807) is 10.9 Å². The maximum absolute atomic E-state index is 12.2. The normalized spacial score (nSPS) is 18.3. The van der Waals surface area contributed by atoms with Crippen LogP contribution in [0.1, 0.15) is 18.9 Å². The van der Waals surface area contributed by atoms with E-state index in [4.69, 9.17) is 0 Å². The molecule has 2 nitrogen and oxygen atoms in total. The van der Waals surface area contributed by atoms with Crippen molar-refractivity contribution in [2.24, 2.45) is 0 Å². The highest BCUT2D eigenvalue weighted by Gasteiger charge is 2.23. The molecule has 1 heterocycles. The molecule has 1 saturated carbocycles. The van der Waals surface area contributed by atoms with Crippen LogP contribution < -0.4 is 0 Å². The number of halogens is 1. The number of rotatable bonds is 1. The van der Waals surface area contributed by atoms with Crippen LogP contribution in [0.4, 0.5) is 4.39 Å². The molecule has 0 bridgehead atoms. The zero-order valence-corrected chi connectivity index (χ0v) is 4.92. The predicted molar refractivity (Wildman–Crippen MR) is 30.5 cm³/mol. The lowest BCUT2D eigenvalue weighted by Crippen LogP contribution is -1.93. The maximum Gasteiger partial charge on any atom is 0.232 e. The van der Waals surface area contributed by atoms with Crippen molar-refractivity contribution >= 4 is 0 Å². The second-order valence-corrected chi connectivity index (χ2v) is 2.35. The molecular formula is C6H7FN2. The lowest BCUT2D eigenvalue weighted by atomic mass is 10.7. The summed E-state index contributed by atoms with van der Waals surface area (Å²) in [6, 6.07) is 1.88. The smallest absolute Gasteiger partial charge is 0.232 e. The van der Waals surface area contributed by atoms with Gasteiger partial charge in [0, 0.05) is 12.3 Å². The quantitative estimate of drug-likeness (QED) is 0.555. The summed E-state index contributed by atoms with van der Waals surface area (Å²) < 4.78 is 13.9. The second-order valence-electron chi connectivity index (χ2n) is 2.35. The minimum atomic E-state index is -0.373. The van der Waals surface area contributed by atoms with Crippen LogP contribution in [-0.4, -0.2) is 9.78 Å². The topological polar surface area (TPSA) is 17.8 Å². The van der Waals surface area contributed by atoms with Gasteiger partial charge < -0.3 is 0 Å². The molecule has 0 saturated heterocycles. The third kappa shape index (κ3) is 0.823. The van der Waals surface area contributed by atoms with E-state index >= 15 is 0 Å². The van der Waals surface area contributed by atoms with E-state index in [1.165, 1.54) is 6.07 Å². The molecular weight excluding hydrogens is 119 g/mol. The van der Waals surface area contributed by atoms with Crippen molar-refractivity contribution in [3.63, 3.8) is 0 Å². The Morgan fingerprint density at radius 1 is 1.67 bits per heavy atom. The van der Waals surface area contributed by atoms with Gasteiger partial charge in [-0.15, -0.1) is 5.10 Å². The van der Waals surface area contributed by atoms with E-state index in [-0.39, 0.29) is 5.95 Å². The average Bonchev–Trinajstić information content (AvgIpc) is 2.58. The van der Waals surface area contributed by atoms with Crippen molar-refractivity contribution in [3.8, 4) is 0 Å². The lowest BCUT2D eigenvalue weighted by Gasteiger charge is -1.91. The van der Waals surface area contributed by atoms with Crippen LogP contribution in [0.2, 0.25) is 0 Å². The number of nitrogens with zero attached hydrogens (tertiary/aromatic N) is 2. The summed E-state index contributed by atoms with van der Waals surface area (Å²) in [6.45, 7) is 0. The molecule has 0 N–H and O–H groups in total. The summed E-state index contributed by atoms with van der Waals surface area (Å²) in [5.41, 5.74) is 0. The van der Waals surface area contributed by atoms with Crippen molar-refractivity contribution in [2.75, 3.05) is 0 Å². The van der Waals surface area contributed by atoms with Gasteiger partial charge >= 0.3 is 0 Å². The monoisotopic (exact) mass is 126 g/mol. The van der Waals surface area contributed by atoms with Gasteiger partial charge in [0.05, 0.1) is 6.04 Å². The highest BCUT2D eigenvalue weighted by molar-refractivity contribution is 4.89. The van der Waals surface area contributed by atoms with Crippen molar-refractivity contribution < 1.29 is 4.39 Å². The zero-order chi connectivity index (χ0) is 6.27. The minimum absolute atomic E-state index is 0.373. The minimum Gasteiger partial charge on any atom is -0.267 e. The van der Waals surface area contributed by atoms with E-state index in [9.17, 15) is 4.39 Å². The third-order valence-corrected chi connectivity index (χ3v) is 1.50. The number of hydrogen-bond donors (Lipinski definition) is 0. The molecule has 1 aliphatic rings.